The Morgan fingerprint density at radius 1 is 1.03 bits per heavy atom. The molecule has 3 aromatic carbocycles. The van der Waals surface area contributed by atoms with Crippen LogP contribution in [0.3, 0.4) is 0 Å². The second kappa shape index (κ2) is 12.2. The van der Waals surface area contributed by atoms with Gasteiger partial charge in [0.15, 0.2) is 15.8 Å². The minimum atomic E-state index is -0.147. The number of hydrogen-bond donors (Lipinski definition) is 0. The van der Waals surface area contributed by atoms with Crippen LogP contribution in [0.1, 0.15) is 23.6 Å². The maximum atomic E-state index is 13.2. The summed E-state index contributed by atoms with van der Waals surface area (Å²) in [4.78, 5) is 15.4. The number of ether oxygens (including phenoxy) is 2. The zero-order valence-electron chi connectivity index (χ0n) is 19.5. The lowest BCUT2D eigenvalue weighted by molar-refractivity contribution is -0.113. The Morgan fingerprint density at radius 2 is 1.69 bits per heavy atom. The maximum absolute atomic E-state index is 13.2. The molecule has 0 N–H and O–H groups in total. The van der Waals surface area contributed by atoms with Crippen molar-refractivity contribution in [2.75, 3.05) is 11.5 Å². The molecule has 1 saturated heterocycles. The highest BCUT2D eigenvalue weighted by Crippen LogP contribution is 2.39. The molecule has 0 bridgehead atoms. The number of carbonyl (C=O) groups excluding carboxylic acids is 1. The van der Waals surface area contributed by atoms with Crippen molar-refractivity contribution in [3.05, 3.63) is 104 Å². The Bertz CT molecular complexity index is 1320. The largest absolute Gasteiger partial charge is 0.490 e. The van der Waals surface area contributed by atoms with E-state index in [-0.39, 0.29) is 5.91 Å². The van der Waals surface area contributed by atoms with E-state index in [4.69, 9.17) is 21.7 Å². The predicted molar refractivity (Wildman–Crippen MR) is 160 cm³/mol. The lowest BCUT2D eigenvalue weighted by atomic mass is 10.0. The molecule has 3 aromatic rings. The monoisotopic (exact) mass is 643 g/mol. The second-order valence-corrected chi connectivity index (χ2v) is 11.3. The molecule has 0 saturated carbocycles. The molecule has 1 aliphatic rings. The number of hydrogen-bond acceptors (Lipinski definition) is 5. The number of benzene rings is 3. The number of thioether (sulfide) groups is 1. The maximum Gasteiger partial charge on any atom is 0.270 e. The van der Waals surface area contributed by atoms with Gasteiger partial charge in [0, 0.05) is 14.5 Å². The van der Waals surface area contributed by atoms with Gasteiger partial charge in [-0.3, -0.25) is 9.69 Å². The smallest absolute Gasteiger partial charge is 0.270 e. The number of rotatable bonds is 9. The molecule has 0 radical (unpaired) electrons. The molecule has 0 spiro atoms. The molecule has 0 aliphatic carbocycles. The Kier molecular flexibility index (Phi) is 9.06. The third-order valence-corrected chi connectivity index (χ3v) is 7.65. The number of carbonyl (C=O) groups is 1. The fourth-order valence-corrected chi connectivity index (χ4v) is 5.50. The Morgan fingerprint density at radius 3 is 2.33 bits per heavy atom. The normalized spacial score (nSPS) is 14.4. The summed E-state index contributed by atoms with van der Waals surface area (Å²) in [6, 6.07) is 19.4. The molecule has 4 rings (SSSR count). The second-order valence-electron chi connectivity index (χ2n) is 7.84. The van der Waals surface area contributed by atoms with E-state index in [1.807, 2.05) is 79.7 Å². The Hall–Kier alpha value is -2.39. The summed E-state index contributed by atoms with van der Waals surface area (Å²) in [6.07, 6.45) is 4.28. The van der Waals surface area contributed by atoms with E-state index in [2.05, 4.69) is 38.4 Å². The first-order valence-corrected chi connectivity index (χ1v) is 14.0. The lowest BCUT2D eigenvalue weighted by Crippen LogP contribution is -2.27. The summed E-state index contributed by atoms with van der Waals surface area (Å²) >= 11 is 13.7. The number of allylic oxidation sites excluding steroid dienone is 1. The van der Waals surface area contributed by atoms with Gasteiger partial charge in [0.1, 0.15) is 6.61 Å². The molecule has 1 aliphatic heterocycles. The van der Waals surface area contributed by atoms with E-state index in [1.54, 1.807) is 4.90 Å². The minimum absolute atomic E-state index is 0.147. The first-order chi connectivity index (χ1) is 17.4. The van der Waals surface area contributed by atoms with Crippen LogP contribution in [0, 0.1) is 0 Å². The van der Waals surface area contributed by atoms with Crippen molar-refractivity contribution in [1.29, 1.82) is 0 Å². The van der Waals surface area contributed by atoms with Gasteiger partial charge < -0.3 is 9.47 Å². The summed E-state index contributed by atoms with van der Waals surface area (Å²) in [5.41, 5.74) is 3.55. The van der Waals surface area contributed by atoms with Crippen molar-refractivity contribution < 1.29 is 14.3 Å². The zero-order valence-corrected chi connectivity index (χ0v) is 24.3. The van der Waals surface area contributed by atoms with Gasteiger partial charge in [0.05, 0.1) is 17.2 Å². The topological polar surface area (TPSA) is 38.8 Å². The average molecular weight is 645 g/mol. The molecular formula is C28H23Br2NO3S2. The fraction of sp³-hybridized carbons (Fsp3) is 0.143. The fourth-order valence-electron chi connectivity index (χ4n) is 3.67. The van der Waals surface area contributed by atoms with E-state index in [9.17, 15) is 4.79 Å². The summed E-state index contributed by atoms with van der Waals surface area (Å²) in [6.45, 7) is 6.72. The molecule has 1 fully saturated rings. The molecule has 36 heavy (non-hydrogen) atoms. The van der Waals surface area contributed by atoms with Gasteiger partial charge >= 0.3 is 0 Å². The molecule has 1 amide bonds. The Labute approximate surface area is 237 Å². The predicted octanol–water partition coefficient (Wildman–Crippen LogP) is 8.32. The lowest BCUT2D eigenvalue weighted by Gasteiger charge is -2.17. The quantitative estimate of drug-likeness (QED) is 0.133. The van der Waals surface area contributed by atoms with Gasteiger partial charge in [0.2, 0.25) is 0 Å². The van der Waals surface area contributed by atoms with Gasteiger partial charge in [-0.25, -0.2) is 0 Å². The van der Waals surface area contributed by atoms with Gasteiger partial charge in [-0.2, -0.15) is 0 Å². The minimum Gasteiger partial charge on any atom is -0.490 e. The molecule has 0 unspecified atom stereocenters. The summed E-state index contributed by atoms with van der Waals surface area (Å²) < 4.78 is 14.6. The third-order valence-electron chi connectivity index (χ3n) is 5.29. The van der Waals surface area contributed by atoms with Crippen molar-refractivity contribution in [2.45, 2.75) is 20.0 Å². The van der Waals surface area contributed by atoms with E-state index < -0.39 is 0 Å². The average Bonchev–Trinajstić information content (AvgIpc) is 3.13. The summed E-state index contributed by atoms with van der Waals surface area (Å²) in [5.74, 6) is 1.16. The van der Waals surface area contributed by atoms with Crippen LogP contribution in [0.4, 0.5) is 5.69 Å². The molecule has 8 heteroatoms. The third kappa shape index (κ3) is 6.29. The van der Waals surface area contributed by atoms with Crippen LogP contribution in [0.15, 0.2) is 87.2 Å². The number of nitrogens with zero attached hydrogens (tertiary/aromatic N) is 1. The van der Waals surface area contributed by atoms with Crippen LogP contribution < -0.4 is 14.4 Å². The van der Waals surface area contributed by atoms with E-state index in [0.29, 0.717) is 40.4 Å². The number of halogens is 2. The van der Waals surface area contributed by atoms with Crippen LogP contribution in [0.25, 0.3) is 6.08 Å². The standard InChI is InChI=1S/C28H23Br2NO3S2/c1-3-5-20-14-19(15-24(33-4-2)26(20)34-17-18-6-8-21(29)9-7-18)16-25-27(32)31(28(35)36-25)23-12-10-22(30)11-13-23/h3,6-16H,1,4-5,17H2,2H3/b25-16-. The van der Waals surface area contributed by atoms with Gasteiger partial charge in [-0.05, 0) is 79.1 Å². The number of amides is 1. The van der Waals surface area contributed by atoms with Crippen LogP contribution in [0.2, 0.25) is 0 Å². The van der Waals surface area contributed by atoms with E-state index in [1.165, 1.54) is 11.8 Å². The number of anilines is 1. The summed E-state index contributed by atoms with van der Waals surface area (Å²) in [7, 11) is 0. The molecule has 0 aromatic heterocycles. The van der Waals surface area contributed by atoms with Crippen molar-refractivity contribution in [3.63, 3.8) is 0 Å². The van der Waals surface area contributed by atoms with Gasteiger partial charge in [-0.1, -0.05) is 74.0 Å². The van der Waals surface area contributed by atoms with Crippen LogP contribution in [-0.2, 0) is 17.8 Å². The van der Waals surface area contributed by atoms with Crippen LogP contribution in [0.5, 0.6) is 11.5 Å². The first kappa shape index (κ1) is 26.7. The highest BCUT2D eigenvalue weighted by Gasteiger charge is 2.33. The van der Waals surface area contributed by atoms with Crippen molar-refractivity contribution in [3.8, 4) is 11.5 Å². The molecule has 1 heterocycles. The zero-order chi connectivity index (χ0) is 25.7. The molecule has 184 valence electrons. The van der Waals surface area contributed by atoms with Crippen LogP contribution in [-0.4, -0.2) is 16.8 Å². The first-order valence-electron chi connectivity index (χ1n) is 11.2. The number of thiocarbonyl (C=S) groups is 1. The highest BCUT2D eigenvalue weighted by atomic mass is 79.9. The van der Waals surface area contributed by atoms with Gasteiger partial charge in [0.25, 0.3) is 5.91 Å². The molecule has 4 nitrogen and oxygen atoms in total. The van der Waals surface area contributed by atoms with Crippen LogP contribution >= 0.6 is 55.8 Å². The van der Waals surface area contributed by atoms with E-state index >= 15 is 0 Å². The van der Waals surface area contributed by atoms with Crippen molar-refractivity contribution in [2.24, 2.45) is 0 Å². The van der Waals surface area contributed by atoms with Gasteiger partial charge in [-0.15, -0.1) is 6.58 Å². The highest BCUT2D eigenvalue weighted by molar-refractivity contribution is 9.10. The summed E-state index contributed by atoms with van der Waals surface area (Å²) in [5, 5.41) is 0. The SMILES string of the molecule is C=CCc1cc(/C=C2\SC(=S)N(c3ccc(Br)cc3)C2=O)cc(OCC)c1OCc1ccc(Br)cc1. The van der Waals surface area contributed by atoms with Crippen molar-refractivity contribution in [1.82, 2.24) is 0 Å². The van der Waals surface area contributed by atoms with E-state index in [0.717, 1.165) is 31.3 Å². The molecule has 0 atom stereocenters. The van der Waals surface area contributed by atoms with Crippen molar-refractivity contribution >= 4 is 77.8 Å². The Balaban J connectivity index is 1.65. The molecular weight excluding hydrogens is 622 g/mol.